The lowest BCUT2D eigenvalue weighted by Crippen LogP contribution is -2.12. The van der Waals surface area contributed by atoms with E-state index in [1.54, 1.807) is 15.6 Å². The fourth-order valence-electron chi connectivity index (χ4n) is 2.09. The Labute approximate surface area is 112 Å². The smallest absolute Gasteiger partial charge is 0.173 e. The third-order valence-corrected chi connectivity index (χ3v) is 2.99. The van der Waals surface area contributed by atoms with Gasteiger partial charge in [0.25, 0.3) is 0 Å². The summed E-state index contributed by atoms with van der Waals surface area (Å²) in [6.45, 7) is 4.86. The molecule has 0 aliphatic carbocycles. The summed E-state index contributed by atoms with van der Waals surface area (Å²) in [6, 6.07) is 0. The highest BCUT2D eigenvalue weighted by molar-refractivity contribution is 5.97. The van der Waals surface area contributed by atoms with Crippen molar-refractivity contribution in [2.75, 3.05) is 0 Å². The molecule has 0 aliphatic heterocycles. The van der Waals surface area contributed by atoms with Crippen molar-refractivity contribution in [1.82, 2.24) is 24.5 Å². The second-order valence-electron chi connectivity index (χ2n) is 4.52. The number of ketones is 1. The van der Waals surface area contributed by atoms with Crippen LogP contribution in [0.5, 0.6) is 0 Å². The molecule has 19 heavy (non-hydrogen) atoms. The van der Waals surface area contributed by atoms with Crippen LogP contribution in [-0.4, -0.2) is 30.3 Å². The van der Waals surface area contributed by atoms with Crippen LogP contribution in [0.3, 0.4) is 0 Å². The first-order chi connectivity index (χ1) is 9.15. The molecule has 2 rings (SSSR count). The number of Topliss-reactive ketones (excluding diaryl/α,β-unsaturated/α-hetero) is 1. The summed E-state index contributed by atoms with van der Waals surface area (Å²) in [5.41, 5.74) is 1.53. The lowest BCUT2D eigenvalue weighted by atomic mass is 10.1. The number of hydrogen-bond donors (Lipinski definition) is 0. The minimum Gasteiger partial charge on any atom is -0.294 e. The number of rotatable bonds is 6. The lowest BCUT2D eigenvalue weighted by Gasteiger charge is -2.03. The van der Waals surface area contributed by atoms with E-state index in [0.29, 0.717) is 5.56 Å². The molecule has 6 nitrogen and oxygen atoms in total. The van der Waals surface area contributed by atoms with Gasteiger partial charge in [-0.2, -0.15) is 10.2 Å². The van der Waals surface area contributed by atoms with Gasteiger partial charge in [0.05, 0.1) is 17.7 Å². The van der Waals surface area contributed by atoms with E-state index in [9.17, 15) is 4.79 Å². The van der Waals surface area contributed by atoms with E-state index in [1.807, 2.05) is 14.0 Å². The lowest BCUT2D eigenvalue weighted by molar-refractivity contribution is 0.0988. The molecule has 0 bridgehead atoms. The van der Waals surface area contributed by atoms with Crippen LogP contribution in [0.1, 0.15) is 42.1 Å². The Morgan fingerprint density at radius 2 is 2.16 bits per heavy atom. The number of carbonyl (C=O) groups excluding carboxylic acids is 1. The first-order valence-corrected chi connectivity index (χ1v) is 6.58. The summed E-state index contributed by atoms with van der Waals surface area (Å²) in [4.78, 5) is 16.5. The summed E-state index contributed by atoms with van der Waals surface area (Å²) in [7, 11) is 1.83. The van der Waals surface area contributed by atoms with E-state index in [-0.39, 0.29) is 12.2 Å². The number of carbonyl (C=O) groups is 1. The van der Waals surface area contributed by atoms with Crippen LogP contribution in [0.2, 0.25) is 0 Å². The summed E-state index contributed by atoms with van der Waals surface area (Å²) in [5, 5.41) is 8.42. The van der Waals surface area contributed by atoms with Gasteiger partial charge in [0.2, 0.25) is 0 Å². The maximum atomic E-state index is 12.3. The highest BCUT2D eigenvalue weighted by atomic mass is 16.1. The summed E-state index contributed by atoms with van der Waals surface area (Å²) in [6.07, 6.45) is 5.28. The molecule has 0 spiro atoms. The zero-order valence-electron chi connectivity index (χ0n) is 11.6. The van der Waals surface area contributed by atoms with E-state index in [0.717, 1.165) is 30.9 Å². The molecule has 0 saturated carbocycles. The normalized spacial score (nSPS) is 10.9. The van der Waals surface area contributed by atoms with Gasteiger partial charge in [-0.25, -0.2) is 9.67 Å². The summed E-state index contributed by atoms with van der Waals surface area (Å²) < 4.78 is 3.47. The monoisotopic (exact) mass is 261 g/mol. The van der Waals surface area contributed by atoms with Crippen LogP contribution in [0.4, 0.5) is 0 Å². The fraction of sp³-hybridized carbons (Fsp3) is 0.538. The van der Waals surface area contributed by atoms with Crippen LogP contribution in [0.25, 0.3) is 0 Å². The first-order valence-electron chi connectivity index (χ1n) is 6.58. The predicted molar refractivity (Wildman–Crippen MR) is 70.9 cm³/mol. The first kappa shape index (κ1) is 13.5. The molecular weight excluding hydrogens is 242 g/mol. The highest BCUT2D eigenvalue weighted by Crippen LogP contribution is 2.11. The molecule has 0 aliphatic rings. The highest BCUT2D eigenvalue weighted by Gasteiger charge is 2.17. The molecule has 0 amide bonds. The average molecular weight is 261 g/mol. The van der Waals surface area contributed by atoms with Crippen molar-refractivity contribution in [2.45, 2.75) is 39.7 Å². The number of aromatic nitrogens is 5. The molecular formula is C13H19N5O. The average Bonchev–Trinajstić information content (AvgIpc) is 2.97. The topological polar surface area (TPSA) is 65.6 Å². The van der Waals surface area contributed by atoms with Gasteiger partial charge in [-0.15, -0.1) is 0 Å². The van der Waals surface area contributed by atoms with E-state index in [4.69, 9.17) is 0 Å². The molecule has 6 heteroatoms. The van der Waals surface area contributed by atoms with Gasteiger partial charge < -0.3 is 0 Å². The van der Waals surface area contributed by atoms with Crippen LogP contribution in [0.15, 0.2) is 12.5 Å². The Morgan fingerprint density at radius 3 is 2.84 bits per heavy atom. The van der Waals surface area contributed by atoms with E-state index in [1.165, 1.54) is 6.33 Å². The molecule has 0 radical (unpaired) electrons. The Bertz CT molecular complexity index is 569. The van der Waals surface area contributed by atoms with Crippen LogP contribution < -0.4 is 0 Å². The van der Waals surface area contributed by atoms with Crippen LogP contribution in [0, 0.1) is 0 Å². The maximum Gasteiger partial charge on any atom is 0.173 e. The molecule has 0 fully saturated rings. The molecule has 0 aromatic carbocycles. The van der Waals surface area contributed by atoms with E-state index in [2.05, 4.69) is 22.1 Å². The Kier molecular flexibility index (Phi) is 4.09. The third kappa shape index (κ3) is 2.89. The predicted octanol–water partition coefficient (Wildman–Crippen LogP) is 1.41. The Morgan fingerprint density at radius 1 is 1.37 bits per heavy atom. The Hall–Kier alpha value is -1.98. The molecule has 0 unspecified atom stereocenters. The summed E-state index contributed by atoms with van der Waals surface area (Å²) in [5.74, 6) is 0.771. The minimum atomic E-state index is 0.0512. The molecule has 0 atom stereocenters. The molecule has 102 valence electrons. The van der Waals surface area contributed by atoms with Crippen molar-refractivity contribution in [1.29, 1.82) is 0 Å². The second-order valence-corrected chi connectivity index (χ2v) is 4.52. The van der Waals surface area contributed by atoms with Gasteiger partial charge in [-0.05, 0) is 12.8 Å². The molecule has 2 aromatic heterocycles. The second kappa shape index (κ2) is 5.77. The van der Waals surface area contributed by atoms with Gasteiger partial charge in [-0.3, -0.25) is 9.48 Å². The van der Waals surface area contributed by atoms with Crippen LogP contribution in [-0.2, 0) is 26.4 Å². The van der Waals surface area contributed by atoms with Crippen LogP contribution >= 0.6 is 0 Å². The minimum absolute atomic E-state index is 0.0512. The van der Waals surface area contributed by atoms with Crippen molar-refractivity contribution < 1.29 is 4.79 Å². The van der Waals surface area contributed by atoms with Gasteiger partial charge in [0, 0.05) is 19.8 Å². The fourth-order valence-corrected chi connectivity index (χ4v) is 2.09. The van der Waals surface area contributed by atoms with Crippen molar-refractivity contribution in [3.05, 3.63) is 29.6 Å². The van der Waals surface area contributed by atoms with E-state index >= 15 is 0 Å². The van der Waals surface area contributed by atoms with Gasteiger partial charge in [0.15, 0.2) is 5.78 Å². The zero-order valence-corrected chi connectivity index (χ0v) is 11.6. The molecule has 0 saturated heterocycles. The van der Waals surface area contributed by atoms with E-state index < -0.39 is 0 Å². The number of aryl methyl sites for hydroxylation is 3. The molecule has 0 N–H and O–H groups in total. The van der Waals surface area contributed by atoms with Crippen molar-refractivity contribution >= 4 is 5.78 Å². The Balaban J connectivity index is 2.18. The standard InChI is InChI=1S/C13H19N5O/c1-4-6-18-13(14-9-15-18)7-12(19)10-8-17(3)16-11(10)5-2/h8-9H,4-7H2,1-3H3. The third-order valence-electron chi connectivity index (χ3n) is 2.99. The summed E-state index contributed by atoms with van der Waals surface area (Å²) >= 11 is 0. The van der Waals surface area contributed by atoms with Gasteiger partial charge in [0.1, 0.15) is 12.2 Å². The molecule has 2 heterocycles. The largest absolute Gasteiger partial charge is 0.294 e. The number of hydrogen-bond acceptors (Lipinski definition) is 4. The number of nitrogens with zero attached hydrogens (tertiary/aromatic N) is 5. The molecule has 2 aromatic rings. The van der Waals surface area contributed by atoms with Gasteiger partial charge >= 0.3 is 0 Å². The zero-order chi connectivity index (χ0) is 13.8. The van der Waals surface area contributed by atoms with Crippen molar-refractivity contribution in [3.8, 4) is 0 Å². The van der Waals surface area contributed by atoms with Crippen molar-refractivity contribution in [2.24, 2.45) is 7.05 Å². The van der Waals surface area contributed by atoms with Gasteiger partial charge in [-0.1, -0.05) is 13.8 Å². The quantitative estimate of drug-likeness (QED) is 0.737. The van der Waals surface area contributed by atoms with Crippen molar-refractivity contribution in [3.63, 3.8) is 0 Å². The SMILES string of the molecule is CCCn1ncnc1CC(=O)c1cn(C)nc1CC. The maximum absolute atomic E-state index is 12.3.